The van der Waals surface area contributed by atoms with E-state index >= 15 is 0 Å². The molecule has 0 bridgehead atoms. The second-order valence-corrected chi connectivity index (χ2v) is 7.46. The lowest BCUT2D eigenvalue weighted by Crippen LogP contribution is -2.35. The third kappa shape index (κ3) is 5.76. The fraction of sp³-hybridized carbons (Fsp3) is 0.348. The summed E-state index contributed by atoms with van der Waals surface area (Å²) >= 11 is 0. The molecule has 26 heavy (non-hydrogen) atoms. The number of allylic oxidation sites excluding steroid dienone is 1. The molecule has 0 heterocycles. The van der Waals surface area contributed by atoms with Crippen LogP contribution in [0.5, 0.6) is 0 Å². The van der Waals surface area contributed by atoms with E-state index in [-0.39, 0.29) is 12.0 Å². The Morgan fingerprint density at radius 2 is 1.81 bits per heavy atom. The lowest BCUT2D eigenvalue weighted by atomic mass is 9.89. The number of carbonyl (C=O) groups is 1. The van der Waals surface area contributed by atoms with Crippen LogP contribution in [0.3, 0.4) is 0 Å². The van der Waals surface area contributed by atoms with Gasteiger partial charge in [0, 0.05) is 12.5 Å². The van der Waals surface area contributed by atoms with Crippen LogP contribution in [-0.4, -0.2) is 18.2 Å². The van der Waals surface area contributed by atoms with Gasteiger partial charge >= 0.3 is 6.09 Å². The Balaban J connectivity index is 2.28. The van der Waals surface area contributed by atoms with Gasteiger partial charge in [-0.15, -0.1) is 0 Å². The molecule has 0 fully saturated rings. The molecule has 0 aliphatic heterocycles. The maximum absolute atomic E-state index is 12.1. The average molecular weight is 351 g/mol. The summed E-state index contributed by atoms with van der Waals surface area (Å²) in [7, 11) is 0. The van der Waals surface area contributed by atoms with Crippen molar-refractivity contribution >= 4 is 12.2 Å². The van der Waals surface area contributed by atoms with Gasteiger partial charge in [0.2, 0.25) is 0 Å². The predicted octanol–water partition coefficient (Wildman–Crippen LogP) is 5.68. The van der Waals surface area contributed by atoms with Crippen LogP contribution in [-0.2, 0) is 4.74 Å². The molecule has 1 N–H and O–H groups in total. The standard InChI is InChI=1S/C23H29NO2/c1-6-10-19-15-20(14-13-17(19)2)21(18-11-8-7-9-12-18)16-24-22(25)26-23(3,4)5/h6-15,21H,16H2,1-5H3,(H,24,25)/b10-6-. The molecule has 1 amide bonds. The topological polar surface area (TPSA) is 38.3 Å². The summed E-state index contributed by atoms with van der Waals surface area (Å²) in [4.78, 5) is 12.1. The van der Waals surface area contributed by atoms with E-state index in [1.165, 1.54) is 22.3 Å². The second kappa shape index (κ2) is 8.70. The lowest BCUT2D eigenvalue weighted by molar-refractivity contribution is 0.0526. The Kier molecular flexibility index (Phi) is 6.62. The van der Waals surface area contributed by atoms with E-state index in [1.807, 2.05) is 52.0 Å². The van der Waals surface area contributed by atoms with Crippen molar-refractivity contribution in [2.75, 3.05) is 6.54 Å². The van der Waals surface area contributed by atoms with Crippen LogP contribution in [0, 0.1) is 6.92 Å². The summed E-state index contributed by atoms with van der Waals surface area (Å²) in [6.45, 7) is 10.2. The zero-order valence-electron chi connectivity index (χ0n) is 16.4. The summed E-state index contributed by atoms with van der Waals surface area (Å²) in [6, 6.07) is 16.7. The summed E-state index contributed by atoms with van der Waals surface area (Å²) in [5.74, 6) is 0.0633. The number of ether oxygens (including phenoxy) is 1. The van der Waals surface area contributed by atoms with Crippen LogP contribution >= 0.6 is 0 Å². The van der Waals surface area contributed by atoms with Crippen molar-refractivity contribution in [3.63, 3.8) is 0 Å². The molecule has 2 aromatic rings. The minimum Gasteiger partial charge on any atom is -0.444 e. The Morgan fingerprint density at radius 1 is 1.12 bits per heavy atom. The molecule has 0 radical (unpaired) electrons. The highest BCUT2D eigenvalue weighted by Crippen LogP contribution is 2.26. The Bertz CT molecular complexity index is 758. The molecule has 0 saturated heterocycles. The summed E-state index contributed by atoms with van der Waals surface area (Å²) in [6.07, 6.45) is 3.77. The second-order valence-electron chi connectivity index (χ2n) is 7.46. The fourth-order valence-corrected chi connectivity index (χ4v) is 2.85. The number of amides is 1. The predicted molar refractivity (Wildman–Crippen MR) is 108 cm³/mol. The highest BCUT2D eigenvalue weighted by molar-refractivity contribution is 5.68. The zero-order chi connectivity index (χ0) is 19.2. The van der Waals surface area contributed by atoms with E-state index in [4.69, 9.17) is 4.74 Å². The Labute approximate surface area is 157 Å². The summed E-state index contributed by atoms with van der Waals surface area (Å²) in [5, 5.41) is 2.92. The number of aryl methyl sites for hydroxylation is 1. The van der Waals surface area contributed by atoms with E-state index in [2.05, 4.69) is 48.6 Å². The fourth-order valence-electron chi connectivity index (χ4n) is 2.85. The van der Waals surface area contributed by atoms with Crippen molar-refractivity contribution in [2.24, 2.45) is 0 Å². The molecule has 138 valence electrons. The van der Waals surface area contributed by atoms with E-state index in [1.54, 1.807) is 0 Å². The molecule has 2 aromatic carbocycles. The van der Waals surface area contributed by atoms with Crippen molar-refractivity contribution in [1.29, 1.82) is 0 Å². The van der Waals surface area contributed by atoms with Crippen molar-refractivity contribution in [1.82, 2.24) is 5.32 Å². The lowest BCUT2D eigenvalue weighted by Gasteiger charge is -2.23. The molecule has 3 heteroatoms. The monoisotopic (exact) mass is 351 g/mol. The van der Waals surface area contributed by atoms with Crippen LogP contribution in [0.25, 0.3) is 6.08 Å². The van der Waals surface area contributed by atoms with Gasteiger partial charge < -0.3 is 10.1 Å². The third-order valence-corrected chi connectivity index (χ3v) is 4.10. The van der Waals surface area contributed by atoms with Crippen LogP contribution in [0.2, 0.25) is 0 Å². The van der Waals surface area contributed by atoms with Gasteiger partial charge in [-0.25, -0.2) is 4.79 Å². The van der Waals surface area contributed by atoms with Crippen LogP contribution < -0.4 is 5.32 Å². The molecule has 1 unspecified atom stereocenters. The first-order chi connectivity index (χ1) is 12.3. The van der Waals surface area contributed by atoms with Gasteiger partial charge in [0.25, 0.3) is 0 Å². The normalized spacial score (nSPS) is 12.8. The van der Waals surface area contributed by atoms with Crippen LogP contribution in [0.4, 0.5) is 4.79 Å². The molecule has 0 aliphatic rings. The van der Waals surface area contributed by atoms with Gasteiger partial charge in [-0.1, -0.05) is 60.7 Å². The molecule has 3 nitrogen and oxygen atoms in total. The molecule has 0 aromatic heterocycles. The number of nitrogens with one attached hydrogen (secondary N) is 1. The minimum atomic E-state index is -0.505. The molecule has 1 atom stereocenters. The maximum Gasteiger partial charge on any atom is 0.407 e. The number of alkyl carbamates (subject to hydrolysis) is 1. The van der Waals surface area contributed by atoms with Gasteiger partial charge in [0.1, 0.15) is 5.60 Å². The van der Waals surface area contributed by atoms with Crippen molar-refractivity contribution in [3.8, 4) is 0 Å². The van der Waals surface area contributed by atoms with E-state index in [0.717, 1.165) is 0 Å². The molecular formula is C23H29NO2. The van der Waals surface area contributed by atoms with Gasteiger partial charge in [-0.3, -0.25) is 0 Å². The first-order valence-electron chi connectivity index (χ1n) is 9.05. The number of benzene rings is 2. The molecular weight excluding hydrogens is 322 g/mol. The largest absolute Gasteiger partial charge is 0.444 e. The summed E-state index contributed by atoms with van der Waals surface area (Å²) < 4.78 is 5.38. The van der Waals surface area contributed by atoms with Crippen LogP contribution in [0.1, 0.15) is 55.9 Å². The van der Waals surface area contributed by atoms with Crippen LogP contribution in [0.15, 0.2) is 54.6 Å². The highest BCUT2D eigenvalue weighted by Gasteiger charge is 2.19. The highest BCUT2D eigenvalue weighted by atomic mass is 16.6. The number of hydrogen-bond acceptors (Lipinski definition) is 2. The van der Waals surface area contributed by atoms with Gasteiger partial charge in [-0.05, 0) is 56.9 Å². The van der Waals surface area contributed by atoms with E-state index in [9.17, 15) is 4.79 Å². The van der Waals surface area contributed by atoms with Crippen molar-refractivity contribution in [3.05, 3.63) is 76.9 Å². The smallest absolute Gasteiger partial charge is 0.407 e. The quantitative estimate of drug-likeness (QED) is 0.752. The van der Waals surface area contributed by atoms with Crippen molar-refractivity contribution < 1.29 is 9.53 Å². The number of carbonyl (C=O) groups excluding carboxylic acids is 1. The minimum absolute atomic E-state index is 0.0633. The first-order valence-corrected chi connectivity index (χ1v) is 9.05. The molecule has 0 saturated carbocycles. The third-order valence-electron chi connectivity index (χ3n) is 4.10. The average Bonchev–Trinajstić information content (AvgIpc) is 2.57. The molecule has 2 rings (SSSR count). The Hall–Kier alpha value is -2.55. The van der Waals surface area contributed by atoms with Gasteiger partial charge in [-0.2, -0.15) is 0 Å². The van der Waals surface area contributed by atoms with Crippen molar-refractivity contribution in [2.45, 2.75) is 46.1 Å². The van der Waals surface area contributed by atoms with E-state index < -0.39 is 5.60 Å². The number of rotatable bonds is 5. The van der Waals surface area contributed by atoms with Gasteiger partial charge in [0.15, 0.2) is 0 Å². The molecule has 0 spiro atoms. The summed E-state index contributed by atoms with van der Waals surface area (Å²) in [5.41, 5.74) is 4.27. The Morgan fingerprint density at radius 3 is 2.42 bits per heavy atom. The SMILES string of the molecule is C/C=C\c1cc(C(CNC(=O)OC(C)(C)C)c2ccccc2)ccc1C. The van der Waals surface area contributed by atoms with E-state index in [0.29, 0.717) is 6.54 Å². The zero-order valence-corrected chi connectivity index (χ0v) is 16.4. The number of hydrogen-bond donors (Lipinski definition) is 1. The van der Waals surface area contributed by atoms with Gasteiger partial charge in [0.05, 0.1) is 0 Å². The maximum atomic E-state index is 12.1. The molecule has 0 aliphatic carbocycles. The first kappa shape index (κ1) is 19.8.